The largest absolute Gasteiger partial charge is 0.497 e. The van der Waals surface area contributed by atoms with Gasteiger partial charge in [-0.15, -0.1) is 0 Å². The third-order valence-electron chi connectivity index (χ3n) is 5.55. The van der Waals surface area contributed by atoms with Gasteiger partial charge in [0.05, 0.1) is 25.8 Å². The highest BCUT2D eigenvalue weighted by Crippen LogP contribution is 2.30. The lowest BCUT2D eigenvalue weighted by atomic mass is 10.1. The van der Waals surface area contributed by atoms with Crippen LogP contribution in [0.15, 0.2) is 73.1 Å². The highest BCUT2D eigenvalue weighted by molar-refractivity contribution is 7.80. The summed E-state index contributed by atoms with van der Waals surface area (Å²) < 4.78 is 10.7. The van der Waals surface area contributed by atoms with E-state index in [0.29, 0.717) is 35.4 Å². The molecular weight excluding hydrogens is 464 g/mol. The molecule has 0 radical (unpaired) electrons. The van der Waals surface area contributed by atoms with Crippen LogP contribution in [0.2, 0.25) is 0 Å². The number of pyridine rings is 1. The maximum Gasteiger partial charge on any atom is 0.256 e. The predicted molar refractivity (Wildman–Crippen MR) is 138 cm³/mol. The van der Waals surface area contributed by atoms with Crippen LogP contribution in [0.4, 0.5) is 11.4 Å². The Morgan fingerprint density at radius 2 is 1.80 bits per heavy atom. The number of hydrogen-bond donors (Lipinski definition) is 1. The van der Waals surface area contributed by atoms with Gasteiger partial charge in [-0.1, -0.05) is 6.07 Å². The molecule has 2 heterocycles. The van der Waals surface area contributed by atoms with Gasteiger partial charge in [0.2, 0.25) is 5.91 Å². The molecule has 1 atom stereocenters. The molecule has 0 bridgehead atoms. The van der Waals surface area contributed by atoms with Gasteiger partial charge in [0.25, 0.3) is 5.91 Å². The van der Waals surface area contributed by atoms with Crippen molar-refractivity contribution in [2.75, 3.05) is 23.9 Å². The summed E-state index contributed by atoms with van der Waals surface area (Å²) in [4.78, 5) is 33.9. The first-order valence-corrected chi connectivity index (χ1v) is 11.6. The van der Waals surface area contributed by atoms with Crippen LogP contribution in [0, 0.1) is 0 Å². The number of nitrogens with one attached hydrogen (secondary N) is 1. The second-order valence-electron chi connectivity index (χ2n) is 7.87. The van der Waals surface area contributed by atoms with E-state index in [1.54, 1.807) is 72.9 Å². The van der Waals surface area contributed by atoms with Gasteiger partial charge < -0.3 is 19.7 Å². The monoisotopic (exact) mass is 490 g/mol. The predicted octanol–water partition coefficient (Wildman–Crippen LogP) is 4.02. The fourth-order valence-electron chi connectivity index (χ4n) is 3.86. The van der Waals surface area contributed by atoms with E-state index in [-0.39, 0.29) is 18.2 Å². The molecular formula is C26H26N4O4S. The molecule has 1 N–H and O–H groups in total. The third kappa shape index (κ3) is 5.58. The lowest BCUT2D eigenvalue weighted by molar-refractivity contribution is -0.124. The molecule has 1 aliphatic rings. The molecule has 0 unspecified atom stereocenters. The van der Waals surface area contributed by atoms with Crippen molar-refractivity contribution in [2.24, 2.45) is 0 Å². The zero-order valence-corrected chi connectivity index (χ0v) is 20.3. The molecule has 1 fully saturated rings. The van der Waals surface area contributed by atoms with E-state index >= 15 is 0 Å². The summed E-state index contributed by atoms with van der Waals surface area (Å²) in [5.41, 5.74) is 2.12. The first-order chi connectivity index (χ1) is 17.0. The first-order valence-electron chi connectivity index (χ1n) is 11.2. The zero-order valence-electron chi connectivity index (χ0n) is 19.5. The summed E-state index contributed by atoms with van der Waals surface area (Å²) in [7, 11) is 1.58. The molecule has 1 aliphatic heterocycles. The molecule has 4 rings (SSSR count). The summed E-state index contributed by atoms with van der Waals surface area (Å²) in [5, 5.41) is 3.20. The molecule has 3 aromatic rings. The van der Waals surface area contributed by atoms with Crippen LogP contribution in [-0.2, 0) is 16.1 Å². The average Bonchev–Trinajstić information content (AvgIpc) is 3.10. The maximum atomic E-state index is 13.5. The van der Waals surface area contributed by atoms with Crippen molar-refractivity contribution >= 4 is 40.5 Å². The molecule has 0 aliphatic carbocycles. The van der Waals surface area contributed by atoms with Gasteiger partial charge in [-0.2, -0.15) is 0 Å². The number of hydrogen-bond acceptors (Lipinski definition) is 6. The molecule has 8 nitrogen and oxygen atoms in total. The van der Waals surface area contributed by atoms with Crippen LogP contribution in [0.5, 0.6) is 11.5 Å². The van der Waals surface area contributed by atoms with Gasteiger partial charge in [-0.3, -0.25) is 19.5 Å². The molecule has 180 valence electrons. The quantitative estimate of drug-likeness (QED) is 0.454. The summed E-state index contributed by atoms with van der Waals surface area (Å²) in [6.07, 6.45) is 3.35. The number of carbonyl (C=O) groups excluding carboxylic acids is 2. The Labute approximate surface area is 209 Å². The summed E-state index contributed by atoms with van der Waals surface area (Å²) in [6.45, 7) is 2.82. The van der Waals surface area contributed by atoms with Crippen LogP contribution >= 0.6 is 12.2 Å². The molecule has 9 heteroatoms. The number of thiocarbonyl (C=S) groups is 1. The fraction of sp³-hybridized carbons (Fsp3) is 0.231. The normalized spacial score (nSPS) is 15.3. The first kappa shape index (κ1) is 24.2. The van der Waals surface area contributed by atoms with E-state index in [1.165, 1.54) is 4.90 Å². The van der Waals surface area contributed by atoms with Crippen molar-refractivity contribution in [2.45, 2.75) is 25.9 Å². The number of amides is 2. The van der Waals surface area contributed by atoms with Crippen molar-refractivity contribution in [3.8, 4) is 11.5 Å². The lowest BCUT2D eigenvalue weighted by Crippen LogP contribution is -2.37. The summed E-state index contributed by atoms with van der Waals surface area (Å²) >= 11 is 5.71. The van der Waals surface area contributed by atoms with Gasteiger partial charge in [0, 0.05) is 24.6 Å². The van der Waals surface area contributed by atoms with Gasteiger partial charge in [-0.05, 0) is 79.3 Å². The number of nitrogens with zero attached hydrogens (tertiary/aromatic N) is 3. The third-order valence-corrected chi connectivity index (χ3v) is 5.97. The molecule has 35 heavy (non-hydrogen) atoms. The van der Waals surface area contributed by atoms with Crippen LogP contribution < -0.4 is 19.7 Å². The summed E-state index contributed by atoms with van der Waals surface area (Å²) in [5.74, 6) is 0.846. The highest BCUT2D eigenvalue weighted by atomic mass is 32.1. The fourth-order valence-corrected chi connectivity index (χ4v) is 4.25. The number of rotatable bonds is 9. The Morgan fingerprint density at radius 1 is 1.09 bits per heavy atom. The summed E-state index contributed by atoms with van der Waals surface area (Å²) in [6, 6.07) is 17.2. The van der Waals surface area contributed by atoms with Gasteiger partial charge in [-0.25, -0.2) is 0 Å². The number of anilines is 2. The molecule has 0 saturated carbocycles. The van der Waals surface area contributed by atoms with E-state index in [0.717, 1.165) is 11.3 Å². The number of ether oxygens (including phenoxy) is 2. The van der Waals surface area contributed by atoms with Crippen molar-refractivity contribution < 1.29 is 19.1 Å². The zero-order chi connectivity index (χ0) is 24.8. The van der Waals surface area contributed by atoms with Crippen LogP contribution in [0.1, 0.15) is 18.9 Å². The Bertz CT molecular complexity index is 1190. The molecule has 2 aromatic carbocycles. The number of aromatic nitrogens is 1. The molecule has 1 saturated heterocycles. The highest BCUT2D eigenvalue weighted by Gasteiger charge is 2.44. The molecule has 2 amide bonds. The maximum absolute atomic E-state index is 13.5. The van der Waals surface area contributed by atoms with E-state index in [9.17, 15) is 9.59 Å². The molecule has 1 aromatic heterocycles. The SMILES string of the molecule is CCOc1ccc(NC(=O)C[C@@H]2C(=O)N(c3ccc(OC)cc3)C(=S)N2Cc2cccnc2)cc1. The second kappa shape index (κ2) is 11.0. The Morgan fingerprint density at radius 3 is 2.43 bits per heavy atom. The van der Waals surface area contributed by atoms with Gasteiger partial charge >= 0.3 is 0 Å². The minimum atomic E-state index is -0.757. The van der Waals surface area contributed by atoms with Crippen molar-refractivity contribution in [1.82, 2.24) is 9.88 Å². The lowest BCUT2D eigenvalue weighted by Gasteiger charge is -2.24. The van der Waals surface area contributed by atoms with E-state index in [2.05, 4.69) is 10.3 Å². The van der Waals surface area contributed by atoms with Gasteiger partial charge in [0.1, 0.15) is 17.5 Å². The van der Waals surface area contributed by atoms with Crippen molar-refractivity contribution in [3.05, 3.63) is 78.6 Å². The standard InChI is InChI=1S/C26H26N4O4S/c1-3-34-22-10-6-19(7-11-22)28-24(31)15-23-25(32)30(20-8-12-21(33-2)13-9-20)26(35)29(23)17-18-5-4-14-27-16-18/h4-14,16,23H,3,15,17H2,1-2H3,(H,28,31)/t23-/m1/s1. The van der Waals surface area contributed by atoms with Gasteiger partial charge in [0.15, 0.2) is 5.11 Å². The average molecular weight is 491 g/mol. The van der Waals surface area contributed by atoms with Crippen LogP contribution in [0.25, 0.3) is 0 Å². The van der Waals surface area contributed by atoms with Crippen molar-refractivity contribution in [1.29, 1.82) is 0 Å². The van der Waals surface area contributed by atoms with Crippen LogP contribution in [-0.4, -0.2) is 46.6 Å². The van der Waals surface area contributed by atoms with E-state index < -0.39 is 6.04 Å². The van der Waals surface area contributed by atoms with Crippen molar-refractivity contribution in [3.63, 3.8) is 0 Å². The topological polar surface area (TPSA) is 84.0 Å². The Kier molecular flexibility index (Phi) is 7.57. The minimum absolute atomic E-state index is 0.0564. The van der Waals surface area contributed by atoms with Crippen LogP contribution in [0.3, 0.4) is 0 Å². The Balaban J connectivity index is 1.55. The number of carbonyl (C=O) groups is 2. The Hall–Kier alpha value is -3.98. The van der Waals surface area contributed by atoms with E-state index in [1.807, 2.05) is 19.1 Å². The minimum Gasteiger partial charge on any atom is -0.497 e. The molecule has 0 spiro atoms. The second-order valence-corrected chi connectivity index (χ2v) is 8.23. The number of methoxy groups -OCH3 is 1. The van der Waals surface area contributed by atoms with E-state index in [4.69, 9.17) is 21.7 Å². The smallest absolute Gasteiger partial charge is 0.256 e. The number of benzene rings is 2.